The van der Waals surface area contributed by atoms with Crippen molar-refractivity contribution in [2.45, 2.75) is 6.18 Å². The van der Waals surface area contributed by atoms with Crippen molar-refractivity contribution in [3.8, 4) is 5.75 Å². The van der Waals surface area contributed by atoms with Gasteiger partial charge in [-0.05, 0) is 24.3 Å². The molecule has 0 saturated carbocycles. The zero-order valence-electron chi connectivity index (χ0n) is 10.3. The highest BCUT2D eigenvalue weighted by Gasteiger charge is 2.30. The predicted molar refractivity (Wildman–Crippen MR) is 65.3 cm³/mol. The number of hydrogen-bond acceptors (Lipinski definition) is 3. The van der Waals surface area contributed by atoms with E-state index in [1.165, 1.54) is 0 Å². The quantitative estimate of drug-likeness (QED) is 0.661. The number of phenols is 1. The van der Waals surface area contributed by atoms with Crippen LogP contribution in [0, 0.1) is 5.82 Å². The number of halogens is 4. The van der Waals surface area contributed by atoms with Gasteiger partial charge in [-0.2, -0.15) is 13.2 Å². The summed E-state index contributed by atoms with van der Waals surface area (Å²) in [6, 6.07) is 4.65. The molecule has 2 N–H and O–H groups in total. The van der Waals surface area contributed by atoms with Crippen LogP contribution < -0.4 is 5.32 Å². The number of nitrogens with zero attached hydrogens (tertiary/aromatic N) is 1. The number of amides is 1. The van der Waals surface area contributed by atoms with Gasteiger partial charge in [0.05, 0.1) is 11.3 Å². The third kappa shape index (κ3) is 3.47. The van der Waals surface area contributed by atoms with Gasteiger partial charge in [0.2, 0.25) is 0 Å². The minimum atomic E-state index is -4.55. The Balaban J connectivity index is 2.17. The second-order valence-corrected chi connectivity index (χ2v) is 4.05. The molecular formula is C13H8F4N2O2. The van der Waals surface area contributed by atoms with Gasteiger partial charge in [-0.15, -0.1) is 0 Å². The maximum atomic E-state index is 13.4. The van der Waals surface area contributed by atoms with E-state index in [9.17, 15) is 22.4 Å². The zero-order chi connectivity index (χ0) is 15.6. The topological polar surface area (TPSA) is 62.2 Å². The van der Waals surface area contributed by atoms with Crippen molar-refractivity contribution in [3.05, 3.63) is 53.6 Å². The van der Waals surface area contributed by atoms with E-state index in [1.807, 2.05) is 0 Å². The van der Waals surface area contributed by atoms with E-state index in [0.29, 0.717) is 12.3 Å². The summed E-state index contributed by atoms with van der Waals surface area (Å²) in [5.41, 5.74) is -1.51. The van der Waals surface area contributed by atoms with E-state index in [0.717, 1.165) is 24.3 Å². The molecule has 1 amide bonds. The number of carbonyl (C=O) groups excluding carboxylic acids is 1. The number of phenolic OH excluding ortho intramolecular Hbond substituents is 1. The standard InChI is InChI=1S/C13H8F4N2O2/c14-9-5-8(20)2-4-10(9)19-12(21)11-3-1-7(6-18-11)13(15,16)17/h1-6,20H,(H,19,21). The molecule has 21 heavy (non-hydrogen) atoms. The Morgan fingerprint density at radius 2 is 1.90 bits per heavy atom. The third-order valence-corrected chi connectivity index (χ3v) is 2.52. The van der Waals surface area contributed by atoms with Crippen molar-refractivity contribution in [1.29, 1.82) is 0 Å². The number of aromatic hydroxyl groups is 1. The highest BCUT2D eigenvalue weighted by atomic mass is 19.4. The number of rotatable bonds is 2. The largest absolute Gasteiger partial charge is 0.508 e. The number of aromatic nitrogens is 1. The molecule has 0 atom stereocenters. The van der Waals surface area contributed by atoms with Crippen LogP contribution in [0.15, 0.2) is 36.5 Å². The summed E-state index contributed by atoms with van der Waals surface area (Å²) in [7, 11) is 0. The summed E-state index contributed by atoms with van der Waals surface area (Å²) >= 11 is 0. The van der Waals surface area contributed by atoms with Crippen molar-refractivity contribution < 1.29 is 27.5 Å². The number of pyridine rings is 1. The van der Waals surface area contributed by atoms with Crippen LogP contribution in [0.25, 0.3) is 0 Å². The lowest BCUT2D eigenvalue weighted by Gasteiger charge is -2.08. The average Bonchev–Trinajstić information content (AvgIpc) is 2.41. The van der Waals surface area contributed by atoms with E-state index in [-0.39, 0.29) is 17.1 Å². The van der Waals surface area contributed by atoms with Crippen molar-refractivity contribution in [3.63, 3.8) is 0 Å². The molecule has 0 aliphatic rings. The highest BCUT2D eigenvalue weighted by molar-refractivity contribution is 6.02. The fourth-order valence-corrected chi connectivity index (χ4v) is 1.49. The molecule has 0 radical (unpaired) electrons. The Labute approximate surface area is 116 Å². The lowest BCUT2D eigenvalue weighted by Crippen LogP contribution is -2.15. The minimum Gasteiger partial charge on any atom is -0.508 e. The highest BCUT2D eigenvalue weighted by Crippen LogP contribution is 2.28. The normalized spacial score (nSPS) is 11.2. The van der Waals surface area contributed by atoms with Crippen molar-refractivity contribution in [2.75, 3.05) is 5.32 Å². The minimum absolute atomic E-state index is 0.223. The number of nitrogens with one attached hydrogen (secondary N) is 1. The molecule has 0 aliphatic heterocycles. The van der Waals surface area contributed by atoms with Crippen molar-refractivity contribution in [1.82, 2.24) is 4.98 Å². The smallest absolute Gasteiger partial charge is 0.417 e. The monoisotopic (exact) mass is 300 g/mol. The van der Waals surface area contributed by atoms with Crippen LogP contribution in [0.3, 0.4) is 0 Å². The lowest BCUT2D eigenvalue weighted by molar-refractivity contribution is -0.137. The van der Waals surface area contributed by atoms with Gasteiger partial charge in [0, 0.05) is 12.3 Å². The van der Waals surface area contributed by atoms with Crippen LogP contribution in [0.5, 0.6) is 5.75 Å². The molecule has 1 heterocycles. The molecule has 0 bridgehead atoms. The molecule has 2 aromatic rings. The van der Waals surface area contributed by atoms with Crippen molar-refractivity contribution >= 4 is 11.6 Å². The molecule has 8 heteroatoms. The van der Waals surface area contributed by atoms with Crippen LogP contribution in [-0.2, 0) is 6.18 Å². The van der Waals surface area contributed by atoms with Crippen LogP contribution in [0.2, 0.25) is 0 Å². The lowest BCUT2D eigenvalue weighted by atomic mass is 10.2. The third-order valence-electron chi connectivity index (χ3n) is 2.52. The van der Waals surface area contributed by atoms with E-state index in [4.69, 9.17) is 5.11 Å². The Kier molecular flexibility index (Phi) is 3.79. The summed E-state index contributed by atoms with van der Waals surface area (Å²) < 4.78 is 50.4. The predicted octanol–water partition coefficient (Wildman–Crippen LogP) is 3.20. The fourth-order valence-electron chi connectivity index (χ4n) is 1.49. The van der Waals surface area contributed by atoms with Crippen molar-refractivity contribution in [2.24, 2.45) is 0 Å². The van der Waals surface area contributed by atoms with E-state index in [1.54, 1.807) is 0 Å². The van der Waals surface area contributed by atoms with Gasteiger partial charge in [0.1, 0.15) is 17.3 Å². The summed E-state index contributed by atoms with van der Waals surface area (Å²) in [4.78, 5) is 15.1. The maximum Gasteiger partial charge on any atom is 0.417 e. The van der Waals surface area contributed by atoms with Crippen LogP contribution in [0.1, 0.15) is 16.1 Å². The van der Waals surface area contributed by atoms with Gasteiger partial charge in [-0.25, -0.2) is 4.39 Å². The average molecular weight is 300 g/mol. The molecule has 4 nitrogen and oxygen atoms in total. The second kappa shape index (κ2) is 5.39. The van der Waals surface area contributed by atoms with E-state index < -0.39 is 23.5 Å². The van der Waals surface area contributed by atoms with Gasteiger partial charge >= 0.3 is 6.18 Å². The second-order valence-electron chi connectivity index (χ2n) is 4.05. The number of alkyl halides is 3. The first-order valence-corrected chi connectivity index (χ1v) is 5.60. The first kappa shape index (κ1) is 14.8. The van der Waals surface area contributed by atoms with Gasteiger partial charge in [-0.3, -0.25) is 9.78 Å². The zero-order valence-corrected chi connectivity index (χ0v) is 10.3. The number of benzene rings is 1. The molecule has 0 aliphatic carbocycles. The summed E-state index contributed by atoms with van der Waals surface area (Å²) in [6.07, 6.45) is -4.03. The molecule has 0 saturated heterocycles. The molecule has 0 spiro atoms. The Hall–Kier alpha value is -2.64. The molecule has 0 unspecified atom stereocenters. The Bertz CT molecular complexity index is 669. The number of anilines is 1. The molecule has 2 rings (SSSR count). The fraction of sp³-hybridized carbons (Fsp3) is 0.0769. The SMILES string of the molecule is O=C(Nc1ccc(O)cc1F)c1ccc(C(F)(F)F)cn1. The van der Waals surface area contributed by atoms with Gasteiger partial charge in [-0.1, -0.05) is 0 Å². The van der Waals surface area contributed by atoms with E-state index in [2.05, 4.69) is 10.3 Å². The first-order chi connectivity index (χ1) is 9.77. The first-order valence-electron chi connectivity index (χ1n) is 5.60. The van der Waals surface area contributed by atoms with Crippen LogP contribution in [0.4, 0.5) is 23.2 Å². The molecule has 1 aromatic heterocycles. The number of hydrogen-bond donors (Lipinski definition) is 2. The Morgan fingerprint density at radius 3 is 2.43 bits per heavy atom. The molecule has 1 aromatic carbocycles. The maximum absolute atomic E-state index is 13.4. The number of carbonyl (C=O) groups is 1. The van der Waals surface area contributed by atoms with Gasteiger partial charge in [0.15, 0.2) is 0 Å². The van der Waals surface area contributed by atoms with Crippen LogP contribution in [-0.4, -0.2) is 16.0 Å². The summed E-state index contributed by atoms with van der Waals surface area (Å²) in [5.74, 6) is -2.07. The Morgan fingerprint density at radius 1 is 1.19 bits per heavy atom. The van der Waals surface area contributed by atoms with E-state index >= 15 is 0 Å². The molecule has 0 fully saturated rings. The molecular weight excluding hydrogens is 292 g/mol. The summed E-state index contributed by atoms with van der Waals surface area (Å²) in [6.45, 7) is 0. The summed E-state index contributed by atoms with van der Waals surface area (Å²) in [5, 5.41) is 11.2. The van der Waals surface area contributed by atoms with Crippen LogP contribution >= 0.6 is 0 Å². The van der Waals surface area contributed by atoms with Gasteiger partial charge < -0.3 is 10.4 Å². The molecule has 110 valence electrons. The van der Waals surface area contributed by atoms with Gasteiger partial charge in [0.25, 0.3) is 5.91 Å².